The molecule has 0 spiro atoms. The first-order valence-corrected chi connectivity index (χ1v) is 5.05. The number of hydrogen-bond acceptors (Lipinski definition) is 3. The van der Waals surface area contributed by atoms with Crippen LogP contribution < -0.4 is 0 Å². The highest BCUT2D eigenvalue weighted by molar-refractivity contribution is 6.17. The van der Waals surface area contributed by atoms with E-state index >= 15 is 0 Å². The second-order valence-electron chi connectivity index (χ2n) is 4.22. The molecule has 1 aromatic rings. The molecule has 0 saturated heterocycles. The van der Waals surface area contributed by atoms with Gasteiger partial charge < -0.3 is 4.42 Å². The summed E-state index contributed by atoms with van der Waals surface area (Å²) < 4.78 is 5.48. The van der Waals surface area contributed by atoms with Crippen LogP contribution in [0.2, 0.25) is 0 Å². The van der Waals surface area contributed by atoms with Gasteiger partial charge in [-0.05, 0) is 11.8 Å². The Labute approximate surface area is 82.5 Å². The number of alkyl halides is 1. The molecule has 1 heterocycles. The van der Waals surface area contributed by atoms with Crippen molar-refractivity contribution in [2.45, 2.75) is 32.6 Å². The smallest absolute Gasteiger partial charge is 0.220 e. The lowest BCUT2D eigenvalue weighted by Gasteiger charge is -1.96. The third-order valence-corrected chi connectivity index (χ3v) is 2.79. The lowest BCUT2D eigenvalue weighted by atomic mass is 10.1. The molecule has 1 unspecified atom stereocenters. The summed E-state index contributed by atoms with van der Waals surface area (Å²) in [5, 5.41) is 7.95. The minimum atomic E-state index is 0.352. The molecule has 72 valence electrons. The van der Waals surface area contributed by atoms with Crippen molar-refractivity contribution in [1.29, 1.82) is 0 Å². The van der Waals surface area contributed by atoms with Gasteiger partial charge >= 0.3 is 0 Å². The molecule has 0 amide bonds. The largest absolute Gasteiger partial charge is 0.425 e. The van der Waals surface area contributed by atoms with E-state index in [1.165, 1.54) is 0 Å². The molecular formula is C9H13ClN2O. The Hall–Kier alpha value is -0.570. The van der Waals surface area contributed by atoms with E-state index < -0.39 is 0 Å². The first-order chi connectivity index (χ1) is 6.13. The van der Waals surface area contributed by atoms with E-state index in [9.17, 15) is 0 Å². The molecule has 0 bridgehead atoms. The molecule has 1 fully saturated rings. The second kappa shape index (κ2) is 2.98. The maximum atomic E-state index is 5.57. The Morgan fingerprint density at radius 3 is 2.77 bits per heavy atom. The summed E-state index contributed by atoms with van der Waals surface area (Å²) in [6.07, 6.45) is 1.82. The van der Waals surface area contributed by atoms with Crippen LogP contribution in [0.4, 0.5) is 0 Å². The van der Waals surface area contributed by atoms with E-state index in [0.29, 0.717) is 29.5 Å². The van der Waals surface area contributed by atoms with Gasteiger partial charge in [-0.25, -0.2) is 0 Å². The number of rotatable bonds is 3. The molecule has 1 saturated carbocycles. The minimum absolute atomic E-state index is 0.352. The van der Waals surface area contributed by atoms with E-state index in [1.807, 2.05) is 0 Å². The zero-order chi connectivity index (χ0) is 9.47. The summed E-state index contributed by atoms with van der Waals surface area (Å²) in [5.41, 5.74) is 0.352. The normalized spacial score (nSPS) is 24.7. The van der Waals surface area contributed by atoms with Gasteiger partial charge in [0, 0.05) is 18.2 Å². The fourth-order valence-electron chi connectivity index (χ4n) is 1.48. The molecule has 0 aromatic carbocycles. The SMILES string of the molecule is CC1(C)CC1c1nnc(CCCl)o1. The first-order valence-electron chi connectivity index (χ1n) is 4.52. The highest BCUT2D eigenvalue weighted by Crippen LogP contribution is 2.58. The van der Waals surface area contributed by atoms with Gasteiger partial charge in [0.1, 0.15) is 0 Å². The fourth-order valence-corrected chi connectivity index (χ4v) is 1.64. The Morgan fingerprint density at radius 1 is 1.54 bits per heavy atom. The summed E-state index contributed by atoms with van der Waals surface area (Å²) in [6.45, 7) is 4.42. The number of nitrogens with zero attached hydrogens (tertiary/aromatic N) is 2. The number of hydrogen-bond donors (Lipinski definition) is 0. The van der Waals surface area contributed by atoms with Gasteiger partial charge in [0.15, 0.2) is 0 Å². The number of aromatic nitrogens is 2. The molecular weight excluding hydrogens is 188 g/mol. The van der Waals surface area contributed by atoms with Crippen LogP contribution in [0, 0.1) is 5.41 Å². The van der Waals surface area contributed by atoms with Crippen LogP contribution in [-0.2, 0) is 6.42 Å². The molecule has 0 aliphatic heterocycles. The van der Waals surface area contributed by atoms with Crippen molar-refractivity contribution in [2.24, 2.45) is 5.41 Å². The van der Waals surface area contributed by atoms with Crippen molar-refractivity contribution in [3.8, 4) is 0 Å². The van der Waals surface area contributed by atoms with Gasteiger partial charge in [0.25, 0.3) is 0 Å². The molecule has 1 atom stereocenters. The monoisotopic (exact) mass is 200 g/mol. The van der Waals surface area contributed by atoms with Crippen molar-refractivity contribution in [1.82, 2.24) is 10.2 Å². The topological polar surface area (TPSA) is 38.9 Å². The van der Waals surface area contributed by atoms with Gasteiger partial charge in [0.05, 0.1) is 0 Å². The van der Waals surface area contributed by atoms with Crippen LogP contribution in [0.3, 0.4) is 0 Å². The van der Waals surface area contributed by atoms with E-state index in [0.717, 1.165) is 12.3 Å². The van der Waals surface area contributed by atoms with Crippen LogP contribution in [0.15, 0.2) is 4.42 Å². The third-order valence-electron chi connectivity index (χ3n) is 2.60. The maximum absolute atomic E-state index is 5.57. The van der Waals surface area contributed by atoms with Crippen LogP contribution in [0.5, 0.6) is 0 Å². The summed E-state index contributed by atoms with van der Waals surface area (Å²) in [7, 11) is 0. The van der Waals surface area contributed by atoms with Gasteiger partial charge in [-0.15, -0.1) is 21.8 Å². The predicted molar refractivity (Wildman–Crippen MR) is 49.9 cm³/mol. The first kappa shape index (κ1) is 9.00. The zero-order valence-electron chi connectivity index (χ0n) is 7.88. The Morgan fingerprint density at radius 2 is 2.23 bits per heavy atom. The summed E-state index contributed by atoms with van der Waals surface area (Å²) in [5.74, 6) is 2.44. The number of aryl methyl sites for hydroxylation is 1. The van der Waals surface area contributed by atoms with E-state index in [1.54, 1.807) is 0 Å². The van der Waals surface area contributed by atoms with Crippen LogP contribution in [-0.4, -0.2) is 16.1 Å². The van der Waals surface area contributed by atoms with Crippen molar-refractivity contribution in [3.63, 3.8) is 0 Å². The minimum Gasteiger partial charge on any atom is -0.425 e. The van der Waals surface area contributed by atoms with Crippen LogP contribution >= 0.6 is 11.6 Å². The van der Waals surface area contributed by atoms with Crippen molar-refractivity contribution in [2.75, 3.05) is 5.88 Å². The van der Waals surface area contributed by atoms with Crippen LogP contribution in [0.25, 0.3) is 0 Å². The van der Waals surface area contributed by atoms with Gasteiger partial charge in [0.2, 0.25) is 11.8 Å². The van der Waals surface area contributed by atoms with Crippen molar-refractivity contribution < 1.29 is 4.42 Å². The summed E-state index contributed by atoms with van der Waals surface area (Å²) >= 11 is 5.57. The van der Waals surface area contributed by atoms with Gasteiger partial charge in [-0.1, -0.05) is 13.8 Å². The highest BCUT2D eigenvalue weighted by atomic mass is 35.5. The molecule has 1 aliphatic carbocycles. The standard InChI is InChI=1S/C9H13ClN2O/c1-9(2)5-6(9)8-12-11-7(13-8)3-4-10/h6H,3-5H2,1-2H3. The van der Waals surface area contributed by atoms with E-state index in [2.05, 4.69) is 24.0 Å². The quantitative estimate of drug-likeness (QED) is 0.704. The highest BCUT2D eigenvalue weighted by Gasteiger charge is 2.50. The van der Waals surface area contributed by atoms with Gasteiger partial charge in [-0.2, -0.15) is 0 Å². The predicted octanol–water partition coefficient (Wildman–Crippen LogP) is 2.36. The lowest BCUT2D eigenvalue weighted by molar-refractivity contribution is 0.436. The Bertz CT molecular complexity index is 308. The van der Waals surface area contributed by atoms with Gasteiger partial charge in [-0.3, -0.25) is 0 Å². The molecule has 3 nitrogen and oxygen atoms in total. The molecule has 2 rings (SSSR count). The molecule has 1 aliphatic rings. The molecule has 4 heteroatoms. The van der Waals surface area contributed by atoms with E-state index in [-0.39, 0.29) is 0 Å². The molecule has 13 heavy (non-hydrogen) atoms. The maximum Gasteiger partial charge on any atom is 0.220 e. The lowest BCUT2D eigenvalue weighted by Crippen LogP contribution is -1.89. The van der Waals surface area contributed by atoms with E-state index in [4.69, 9.17) is 16.0 Å². The zero-order valence-corrected chi connectivity index (χ0v) is 8.64. The Kier molecular flexibility index (Phi) is 2.06. The second-order valence-corrected chi connectivity index (χ2v) is 4.60. The average Bonchev–Trinajstić information content (AvgIpc) is 2.52. The average molecular weight is 201 g/mol. The third kappa shape index (κ3) is 1.70. The van der Waals surface area contributed by atoms with Crippen LogP contribution in [0.1, 0.15) is 38.0 Å². The molecule has 0 radical (unpaired) electrons. The summed E-state index contributed by atoms with van der Waals surface area (Å²) in [6, 6.07) is 0. The van der Waals surface area contributed by atoms with Crippen molar-refractivity contribution in [3.05, 3.63) is 11.8 Å². The summed E-state index contributed by atoms with van der Waals surface area (Å²) in [4.78, 5) is 0. The van der Waals surface area contributed by atoms with Crippen molar-refractivity contribution >= 4 is 11.6 Å². The number of halogens is 1. The molecule has 1 aromatic heterocycles. The molecule has 0 N–H and O–H groups in total. The Balaban J connectivity index is 2.07. The fraction of sp³-hybridized carbons (Fsp3) is 0.778.